The summed E-state index contributed by atoms with van der Waals surface area (Å²) in [6, 6.07) is 20.7. The lowest BCUT2D eigenvalue weighted by Gasteiger charge is -2.36. The normalized spacial score (nSPS) is 14.0. The van der Waals surface area contributed by atoms with E-state index >= 15 is 0 Å². The van der Waals surface area contributed by atoms with Gasteiger partial charge in [0.15, 0.2) is 0 Å². The Labute approximate surface area is 242 Å². The topological polar surface area (TPSA) is 41.4 Å². The number of carbonyl (C=O) groups excluding carboxylic acids is 1. The summed E-state index contributed by atoms with van der Waals surface area (Å²) in [4.78, 5) is 16.7. The molecule has 6 rings (SSSR count). The molecule has 220 valence electrons. The second-order valence-corrected chi connectivity index (χ2v) is 10.2. The Hall–Kier alpha value is -4.80. The number of rotatable bonds is 5. The van der Waals surface area contributed by atoms with Gasteiger partial charge in [0.2, 0.25) is 0 Å². The molecule has 0 radical (unpaired) electrons. The minimum absolute atomic E-state index is 0.0389. The number of alkyl halides is 3. The molecule has 0 spiro atoms. The summed E-state index contributed by atoms with van der Waals surface area (Å²) in [5.74, 6) is -3.48. The predicted octanol–water partition coefficient (Wildman–Crippen LogP) is 7.15. The van der Waals surface area contributed by atoms with Gasteiger partial charge in [0.25, 0.3) is 5.91 Å². The standard InChI is InChI=1S/C32H24F6N4O/c33-22-17-27(34)25(28(35)18-22)19-42-30(24-7-4-8-26(29(24)39-42)32(36,37)38)20-9-11-23(12-10-20)40-13-15-41(16-14-40)31(43)21-5-2-1-3-6-21/h1-12,17-18H,13-16,19H2. The third kappa shape index (κ3) is 5.54. The summed E-state index contributed by atoms with van der Waals surface area (Å²) >= 11 is 0. The fourth-order valence-electron chi connectivity index (χ4n) is 5.43. The monoisotopic (exact) mass is 594 g/mol. The molecule has 5 aromatic rings. The van der Waals surface area contributed by atoms with Crippen molar-refractivity contribution in [3.05, 3.63) is 119 Å². The highest BCUT2D eigenvalue weighted by Crippen LogP contribution is 2.38. The summed E-state index contributed by atoms with van der Waals surface area (Å²) in [5.41, 5.74) is 0.306. The van der Waals surface area contributed by atoms with Gasteiger partial charge in [-0.25, -0.2) is 13.2 Å². The van der Waals surface area contributed by atoms with Gasteiger partial charge in [0, 0.05) is 66.1 Å². The lowest BCUT2D eigenvalue weighted by atomic mass is 10.0. The number of anilines is 1. The molecule has 0 aliphatic carbocycles. The smallest absolute Gasteiger partial charge is 0.368 e. The van der Waals surface area contributed by atoms with Crippen molar-refractivity contribution in [1.29, 1.82) is 0 Å². The number of amides is 1. The minimum atomic E-state index is -4.71. The van der Waals surface area contributed by atoms with E-state index in [1.165, 1.54) is 12.1 Å². The second kappa shape index (κ2) is 11.1. The Morgan fingerprint density at radius 1 is 0.791 bits per heavy atom. The van der Waals surface area contributed by atoms with Gasteiger partial charge in [-0.2, -0.15) is 18.3 Å². The van der Waals surface area contributed by atoms with Crippen LogP contribution < -0.4 is 4.90 Å². The van der Waals surface area contributed by atoms with E-state index in [0.29, 0.717) is 49.4 Å². The molecule has 11 heteroatoms. The van der Waals surface area contributed by atoms with Crippen LogP contribution in [0.15, 0.2) is 84.9 Å². The lowest BCUT2D eigenvalue weighted by Crippen LogP contribution is -2.48. The van der Waals surface area contributed by atoms with Crippen LogP contribution in [0.1, 0.15) is 21.5 Å². The molecule has 0 saturated carbocycles. The molecule has 5 nitrogen and oxygen atoms in total. The number of fused-ring (bicyclic) bond motifs is 1. The van der Waals surface area contributed by atoms with Crippen LogP contribution >= 0.6 is 0 Å². The third-order valence-electron chi connectivity index (χ3n) is 7.58. The fourth-order valence-corrected chi connectivity index (χ4v) is 5.43. The first-order valence-electron chi connectivity index (χ1n) is 13.5. The van der Waals surface area contributed by atoms with E-state index in [2.05, 4.69) is 10.00 Å². The van der Waals surface area contributed by atoms with Gasteiger partial charge in [-0.3, -0.25) is 9.48 Å². The van der Waals surface area contributed by atoms with Crippen LogP contribution in [-0.2, 0) is 12.7 Å². The van der Waals surface area contributed by atoms with Gasteiger partial charge < -0.3 is 9.80 Å². The molecular weight excluding hydrogens is 570 g/mol. The van der Waals surface area contributed by atoms with E-state index in [4.69, 9.17) is 0 Å². The van der Waals surface area contributed by atoms with Gasteiger partial charge in [-0.15, -0.1) is 0 Å². The molecule has 43 heavy (non-hydrogen) atoms. The van der Waals surface area contributed by atoms with Crippen molar-refractivity contribution in [3.63, 3.8) is 0 Å². The summed E-state index contributed by atoms with van der Waals surface area (Å²) < 4.78 is 85.3. The molecule has 2 heterocycles. The van der Waals surface area contributed by atoms with Crippen LogP contribution in [0.5, 0.6) is 0 Å². The average Bonchev–Trinajstić information content (AvgIpc) is 3.37. The average molecular weight is 595 g/mol. The van der Waals surface area contributed by atoms with Gasteiger partial charge in [-0.05, 0) is 30.3 Å². The first-order valence-corrected chi connectivity index (χ1v) is 13.5. The summed E-state index contributed by atoms with van der Waals surface area (Å²) in [6.07, 6.45) is -4.71. The molecule has 1 aliphatic heterocycles. The fraction of sp³-hybridized carbons (Fsp3) is 0.188. The largest absolute Gasteiger partial charge is 0.418 e. The molecule has 1 amide bonds. The quantitative estimate of drug-likeness (QED) is 0.203. The third-order valence-corrected chi connectivity index (χ3v) is 7.58. The Morgan fingerprint density at radius 3 is 2.07 bits per heavy atom. The number of benzene rings is 4. The first-order chi connectivity index (χ1) is 20.6. The molecular formula is C32H24F6N4O. The summed E-state index contributed by atoms with van der Waals surface area (Å²) in [6.45, 7) is 1.63. The number of piperazine rings is 1. The number of hydrogen-bond acceptors (Lipinski definition) is 3. The number of carbonyl (C=O) groups is 1. The van der Waals surface area contributed by atoms with Crippen LogP contribution in [0, 0.1) is 17.5 Å². The highest BCUT2D eigenvalue weighted by atomic mass is 19.4. The van der Waals surface area contributed by atoms with E-state index in [-0.39, 0.29) is 22.5 Å². The van der Waals surface area contributed by atoms with Crippen molar-refractivity contribution in [1.82, 2.24) is 14.7 Å². The van der Waals surface area contributed by atoms with E-state index in [1.54, 1.807) is 41.3 Å². The molecule has 1 aromatic heterocycles. The zero-order valence-corrected chi connectivity index (χ0v) is 22.6. The van der Waals surface area contributed by atoms with E-state index in [1.807, 2.05) is 18.2 Å². The van der Waals surface area contributed by atoms with Gasteiger partial charge >= 0.3 is 6.18 Å². The predicted molar refractivity (Wildman–Crippen MR) is 150 cm³/mol. The van der Waals surface area contributed by atoms with Crippen molar-refractivity contribution in [2.75, 3.05) is 31.1 Å². The zero-order valence-electron chi connectivity index (χ0n) is 22.6. The van der Waals surface area contributed by atoms with Gasteiger partial charge in [0.05, 0.1) is 17.8 Å². The maximum Gasteiger partial charge on any atom is 0.418 e. The highest BCUT2D eigenvalue weighted by Gasteiger charge is 2.35. The van der Waals surface area contributed by atoms with E-state index in [9.17, 15) is 31.1 Å². The second-order valence-electron chi connectivity index (χ2n) is 10.2. The molecule has 0 atom stereocenters. The molecule has 1 fully saturated rings. The maximum atomic E-state index is 14.6. The lowest BCUT2D eigenvalue weighted by molar-refractivity contribution is -0.136. The van der Waals surface area contributed by atoms with E-state index in [0.717, 1.165) is 16.4 Å². The Bertz CT molecular complexity index is 1770. The molecule has 1 saturated heterocycles. The molecule has 4 aromatic carbocycles. The highest BCUT2D eigenvalue weighted by molar-refractivity contribution is 5.96. The van der Waals surface area contributed by atoms with Crippen LogP contribution in [-0.4, -0.2) is 46.8 Å². The van der Waals surface area contributed by atoms with Gasteiger partial charge in [0.1, 0.15) is 23.0 Å². The van der Waals surface area contributed by atoms with Gasteiger partial charge in [-0.1, -0.05) is 42.5 Å². The number of halogens is 6. The molecule has 0 N–H and O–H groups in total. The van der Waals surface area contributed by atoms with E-state index < -0.39 is 41.3 Å². The van der Waals surface area contributed by atoms with Crippen LogP contribution in [0.25, 0.3) is 22.2 Å². The molecule has 0 unspecified atom stereocenters. The minimum Gasteiger partial charge on any atom is -0.368 e. The van der Waals surface area contributed by atoms with Crippen molar-refractivity contribution in [3.8, 4) is 11.3 Å². The van der Waals surface area contributed by atoms with Crippen LogP contribution in [0.4, 0.5) is 32.0 Å². The van der Waals surface area contributed by atoms with Crippen molar-refractivity contribution in [2.45, 2.75) is 12.7 Å². The maximum absolute atomic E-state index is 14.6. The first kappa shape index (κ1) is 28.3. The zero-order chi connectivity index (χ0) is 30.3. The van der Waals surface area contributed by atoms with Crippen molar-refractivity contribution < 1.29 is 31.1 Å². The Kier molecular flexibility index (Phi) is 7.33. The molecule has 0 bridgehead atoms. The van der Waals surface area contributed by atoms with Crippen molar-refractivity contribution >= 4 is 22.5 Å². The Morgan fingerprint density at radius 2 is 1.44 bits per heavy atom. The number of aromatic nitrogens is 2. The van der Waals surface area contributed by atoms with Crippen LogP contribution in [0.3, 0.4) is 0 Å². The Balaban J connectivity index is 1.31. The summed E-state index contributed by atoms with van der Waals surface area (Å²) in [7, 11) is 0. The number of hydrogen-bond donors (Lipinski definition) is 0. The SMILES string of the molecule is O=C(c1ccccc1)N1CCN(c2ccc(-c3c4cccc(C(F)(F)F)c4nn3Cc3c(F)cc(F)cc3F)cc2)CC1. The summed E-state index contributed by atoms with van der Waals surface area (Å²) in [5, 5.41) is 4.29. The van der Waals surface area contributed by atoms with Crippen molar-refractivity contribution in [2.24, 2.45) is 0 Å². The molecule has 1 aliphatic rings. The van der Waals surface area contributed by atoms with Crippen LogP contribution in [0.2, 0.25) is 0 Å². The number of nitrogens with zero attached hydrogens (tertiary/aromatic N) is 4.